The van der Waals surface area contributed by atoms with E-state index in [0.29, 0.717) is 17.9 Å². The molecule has 0 spiro atoms. The molecule has 2 aromatic carbocycles. The van der Waals surface area contributed by atoms with Crippen LogP contribution in [-0.4, -0.2) is 16.9 Å². The van der Waals surface area contributed by atoms with Crippen LogP contribution in [0.3, 0.4) is 0 Å². The summed E-state index contributed by atoms with van der Waals surface area (Å²) in [5, 5.41) is 12.7. The first-order valence-corrected chi connectivity index (χ1v) is 7.23. The molecule has 2 aromatic rings. The Labute approximate surface area is 134 Å². The summed E-state index contributed by atoms with van der Waals surface area (Å²) in [5.41, 5.74) is 1.89. The van der Waals surface area contributed by atoms with Gasteiger partial charge in [0.1, 0.15) is 6.61 Å². The largest absolute Gasteiger partial charge is 0.456 e. The second-order valence-electron chi connectivity index (χ2n) is 4.73. The van der Waals surface area contributed by atoms with Crippen molar-refractivity contribution in [3.8, 4) is 0 Å². The number of nitrogens with zero attached hydrogens (tertiary/aromatic N) is 1. The molecular weight excluding hydrogens is 302 g/mol. The second-order valence-corrected chi connectivity index (χ2v) is 5.17. The predicted octanol–water partition coefficient (Wildman–Crippen LogP) is 3.85. The van der Waals surface area contributed by atoms with E-state index in [2.05, 4.69) is 5.16 Å². The molecule has 0 unspecified atom stereocenters. The van der Waals surface area contributed by atoms with E-state index in [4.69, 9.17) is 21.5 Å². The van der Waals surface area contributed by atoms with Crippen LogP contribution in [0.25, 0.3) is 0 Å². The van der Waals surface area contributed by atoms with Gasteiger partial charge in [-0.2, -0.15) is 0 Å². The third kappa shape index (κ3) is 4.90. The first-order valence-electron chi connectivity index (χ1n) is 6.85. The van der Waals surface area contributed by atoms with Gasteiger partial charge in [-0.3, -0.25) is 0 Å². The van der Waals surface area contributed by atoms with Crippen LogP contribution < -0.4 is 0 Å². The molecule has 4 nitrogen and oxygen atoms in total. The summed E-state index contributed by atoms with van der Waals surface area (Å²) in [6.07, 6.45) is 0.864. The molecule has 0 aliphatic carbocycles. The van der Waals surface area contributed by atoms with Gasteiger partial charge < -0.3 is 9.94 Å². The Morgan fingerprint density at radius 1 is 1.05 bits per heavy atom. The van der Waals surface area contributed by atoms with Gasteiger partial charge in [-0.1, -0.05) is 59.2 Å². The van der Waals surface area contributed by atoms with Crippen molar-refractivity contribution in [3.05, 3.63) is 70.7 Å². The van der Waals surface area contributed by atoms with Crippen LogP contribution in [-0.2, 0) is 22.6 Å². The van der Waals surface area contributed by atoms with Crippen molar-refractivity contribution in [2.24, 2.45) is 5.16 Å². The Morgan fingerprint density at radius 2 is 1.73 bits per heavy atom. The molecule has 0 bridgehead atoms. The smallest absolute Gasteiger partial charge is 0.356 e. The van der Waals surface area contributed by atoms with E-state index >= 15 is 0 Å². The lowest BCUT2D eigenvalue weighted by molar-refractivity contribution is -0.137. The van der Waals surface area contributed by atoms with Crippen LogP contribution in [0.5, 0.6) is 0 Å². The summed E-state index contributed by atoms with van der Waals surface area (Å²) in [4.78, 5) is 11.9. The lowest BCUT2D eigenvalue weighted by Gasteiger charge is -2.06. The monoisotopic (exact) mass is 317 g/mol. The first-order chi connectivity index (χ1) is 10.7. The average molecular weight is 318 g/mol. The van der Waals surface area contributed by atoms with Gasteiger partial charge in [-0.25, -0.2) is 4.79 Å². The van der Waals surface area contributed by atoms with E-state index in [0.717, 1.165) is 11.1 Å². The van der Waals surface area contributed by atoms with Crippen molar-refractivity contribution in [3.63, 3.8) is 0 Å². The molecule has 22 heavy (non-hydrogen) atoms. The third-order valence-corrected chi connectivity index (χ3v) is 3.38. The molecular formula is C17H16ClNO3. The molecule has 2 rings (SSSR count). The number of esters is 1. The standard InChI is InChI=1S/C17H16ClNO3/c18-15-9-6-13(7-10-15)8-11-16(19-21)17(20)22-12-14-4-2-1-3-5-14/h1-7,9-10,21H,8,11-12H2/b19-16+. The molecule has 5 heteroatoms. The van der Waals surface area contributed by atoms with Gasteiger partial charge in [0.05, 0.1) is 0 Å². The van der Waals surface area contributed by atoms with Crippen molar-refractivity contribution in [1.29, 1.82) is 0 Å². The Bertz CT molecular complexity index is 639. The number of ether oxygens (including phenoxy) is 1. The first kappa shape index (κ1) is 16.0. The van der Waals surface area contributed by atoms with Crippen LogP contribution in [0, 0.1) is 0 Å². The van der Waals surface area contributed by atoms with E-state index in [1.165, 1.54) is 0 Å². The Morgan fingerprint density at radius 3 is 2.36 bits per heavy atom. The lowest BCUT2D eigenvalue weighted by Crippen LogP contribution is -2.18. The van der Waals surface area contributed by atoms with Gasteiger partial charge in [-0.15, -0.1) is 0 Å². The zero-order valence-electron chi connectivity index (χ0n) is 11.9. The highest BCUT2D eigenvalue weighted by molar-refractivity contribution is 6.36. The van der Waals surface area contributed by atoms with Crippen molar-refractivity contribution in [1.82, 2.24) is 0 Å². The fourth-order valence-corrected chi connectivity index (χ4v) is 2.04. The molecule has 0 aliphatic heterocycles. The number of oxime groups is 1. The van der Waals surface area contributed by atoms with Gasteiger partial charge in [0, 0.05) is 11.4 Å². The van der Waals surface area contributed by atoms with Gasteiger partial charge in [0.25, 0.3) is 0 Å². The fraction of sp³-hybridized carbons (Fsp3) is 0.176. The van der Waals surface area contributed by atoms with Gasteiger partial charge in [0.15, 0.2) is 5.71 Å². The maximum absolute atomic E-state index is 11.9. The van der Waals surface area contributed by atoms with Crippen molar-refractivity contribution >= 4 is 23.3 Å². The van der Waals surface area contributed by atoms with Crippen LogP contribution in [0.2, 0.25) is 5.02 Å². The molecule has 0 atom stereocenters. The number of halogens is 1. The molecule has 0 aromatic heterocycles. The number of hydrogen-bond donors (Lipinski definition) is 1. The van der Waals surface area contributed by atoms with Gasteiger partial charge in [0.2, 0.25) is 0 Å². The molecule has 114 valence electrons. The molecule has 0 radical (unpaired) electrons. The van der Waals surface area contributed by atoms with Gasteiger partial charge >= 0.3 is 5.97 Å². The highest BCUT2D eigenvalue weighted by Gasteiger charge is 2.14. The number of aryl methyl sites for hydroxylation is 1. The van der Waals surface area contributed by atoms with E-state index in [9.17, 15) is 4.79 Å². The lowest BCUT2D eigenvalue weighted by atomic mass is 10.1. The molecule has 0 heterocycles. The van der Waals surface area contributed by atoms with Crippen LogP contribution in [0.15, 0.2) is 59.8 Å². The number of carbonyl (C=O) groups excluding carboxylic acids is 1. The van der Waals surface area contributed by atoms with E-state index in [1.807, 2.05) is 42.5 Å². The Kier molecular flexibility index (Phi) is 5.98. The number of benzene rings is 2. The van der Waals surface area contributed by atoms with Crippen LogP contribution >= 0.6 is 11.6 Å². The van der Waals surface area contributed by atoms with Crippen LogP contribution in [0.1, 0.15) is 17.5 Å². The zero-order valence-corrected chi connectivity index (χ0v) is 12.7. The number of carbonyl (C=O) groups is 1. The topological polar surface area (TPSA) is 58.9 Å². The highest BCUT2D eigenvalue weighted by Crippen LogP contribution is 2.11. The summed E-state index contributed by atoms with van der Waals surface area (Å²) in [6.45, 7) is 0.152. The van der Waals surface area contributed by atoms with Gasteiger partial charge in [-0.05, 0) is 29.7 Å². The quantitative estimate of drug-likeness (QED) is 0.381. The van der Waals surface area contributed by atoms with Crippen molar-refractivity contribution < 1.29 is 14.7 Å². The fourth-order valence-electron chi connectivity index (χ4n) is 1.91. The Hall–Kier alpha value is -2.33. The maximum Gasteiger partial charge on any atom is 0.356 e. The summed E-state index contributed by atoms with van der Waals surface area (Å²) >= 11 is 5.81. The summed E-state index contributed by atoms with van der Waals surface area (Å²) in [5.74, 6) is -0.611. The van der Waals surface area contributed by atoms with E-state index in [1.54, 1.807) is 12.1 Å². The van der Waals surface area contributed by atoms with E-state index in [-0.39, 0.29) is 12.3 Å². The molecule has 0 amide bonds. The highest BCUT2D eigenvalue weighted by atomic mass is 35.5. The summed E-state index contributed by atoms with van der Waals surface area (Å²) < 4.78 is 5.14. The molecule has 1 N–H and O–H groups in total. The summed E-state index contributed by atoms with van der Waals surface area (Å²) in [7, 11) is 0. The minimum atomic E-state index is -0.611. The van der Waals surface area contributed by atoms with Crippen molar-refractivity contribution in [2.75, 3.05) is 0 Å². The number of hydrogen-bond acceptors (Lipinski definition) is 4. The zero-order chi connectivity index (χ0) is 15.8. The third-order valence-electron chi connectivity index (χ3n) is 3.13. The predicted molar refractivity (Wildman–Crippen MR) is 85.2 cm³/mol. The van der Waals surface area contributed by atoms with E-state index < -0.39 is 5.97 Å². The number of rotatable bonds is 6. The average Bonchev–Trinajstić information content (AvgIpc) is 2.56. The molecule has 0 saturated heterocycles. The van der Waals surface area contributed by atoms with Crippen molar-refractivity contribution in [2.45, 2.75) is 19.4 Å². The minimum absolute atomic E-state index is 0.00545. The molecule has 0 aliphatic rings. The summed E-state index contributed by atoms with van der Waals surface area (Å²) in [6, 6.07) is 16.6. The SMILES string of the molecule is O=C(OCc1ccccc1)/C(CCc1ccc(Cl)cc1)=N/O. The Balaban J connectivity index is 1.85. The molecule has 0 saturated carbocycles. The maximum atomic E-state index is 11.9. The van der Waals surface area contributed by atoms with Crippen LogP contribution in [0.4, 0.5) is 0 Å². The second kappa shape index (κ2) is 8.20. The minimum Gasteiger partial charge on any atom is -0.456 e. The molecule has 0 fully saturated rings. The normalized spacial score (nSPS) is 11.2.